The van der Waals surface area contributed by atoms with Crippen LogP contribution in [0.3, 0.4) is 0 Å². The van der Waals surface area contributed by atoms with E-state index in [9.17, 15) is 4.79 Å². The van der Waals surface area contributed by atoms with Crippen molar-refractivity contribution < 1.29 is 9.53 Å². The first-order chi connectivity index (χ1) is 14.1. The molecule has 148 valence electrons. The first-order valence-corrected chi connectivity index (χ1v) is 9.92. The number of aryl methyl sites for hydroxylation is 2. The van der Waals surface area contributed by atoms with Crippen LogP contribution in [0.2, 0.25) is 0 Å². The van der Waals surface area contributed by atoms with Crippen molar-refractivity contribution in [3.8, 4) is 5.75 Å². The van der Waals surface area contributed by atoms with Gasteiger partial charge in [-0.1, -0.05) is 37.3 Å². The Morgan fingerprint density at radius 3 is 2.76 bits per heavy atom. The second-order valence-corrected chi connectivity index (χ2v) is 6.96. The van der Waals surface area contributed by atoms with Gasteiger partial charge in [-0.2, -0.15) is 5.10 Å². The molecular weight excluding hydrogens is 364 g/mol. The third-order valence-corrected chi connectivity index (χ3v) is 4.85. The van der Waals surface area contributed by atoms with Gasteiger partial charge in [-0.3, -0.25) is 4.79 Å². The number of para-hydroxylation sites is 2. The number of ether oxygens (including phenoxy) is 1. The fraction of sp³-hybridized carbons (Fsp3) is 0.261. The number of carbonyl (C=O) groups is 1. The van der Waals surface area contributed by atoms with E-state index in [0.29, 0.717) is 23.7 Å². The minimum Gasteiger partial charge on any atom is -0.493 e. The van der Waals surface area contributed by atoms with E-state index < -0.39 is 0 Å². The average molecular weight is 388 g/mol. The standard InChI is InChI=1S/C23H24N4O2/c1-4-13-27-22-18(14-16-10-8-9-15(3)20(16)24-22)21(26-27)25-23(28)17-11-6-7-12-19(17)29-5-2/h6-12,14H,4-5,13H2,1-3H3,(H,25,26,28). The Kier molecular flexibility index (Phi) is 5.16. The van der Waals surface area contributed by atoms with Crippen LogP contribution in [0, 0.1) is 6.92 Å². The van der Waals surface area contributed by atoms with Crippen LogP contribution >= 0.6 is 0 Å². The zero-order valence-electron chi connectivity index (χ0n) is 16.9. The van der Waals surface area contributed by atoms with Crippen LogP contribution in [-0.4, -0.2) is 27.3 Å². The highest BCUT2D eigenvalue weighted by molar-refractivity contribution is 6.10. The van der Waals surface area contributed by atoms with Gasteiger partial charge < -0.3 is 10.1 Å². The lowest BCUT2D eigenvalue weighted by Gasteiger charge is -2.09. The molecule has 0 atom stereocenters. The molecule has 1 N–H and O–H groups in total. The van der Waals surface area contributed by atoms with E-state index in [1.165, 1.54) is 0 Å². The number of amides is 1. The smallest absolute Gasteiger partial charge is 0.260 e. The maximum Gasteiger partial charge on any atom is 0.260 e. The number of nitrogens with one attached hydrogen (secondary N) is 1. The van der Waals surface area contributed by atoms with Crippen molar-refractivity contribution in [2.75, 3.05) is 11.9 Å². The molecule has 29 heavy (non-hydrogen) atoms. The number of hydrogen-bond donors (Lipinski definition) is 1. The molecule has 0 spiro atoms. The Bertz CT molecular complexity index is 1200. The SMILES string of the molecule is CCCn1nc(NC(=O)c2ccccc2OCC)c2cc3cccc(C)c3nc21. The van der Waals surface area contributed by atoms with Gasteiger partial charge in [0.2, 0.25) is 0 Å². The van der Waals surface area contributed by atoms with Crippen molar-refractivity contribution in [1.82, 2.24) is 14.8 Å². The molecule has 0 radical (unpaired) electrons. The molecule has 4 aromatic rings. The first-order valence-electron chi connectivity index (χ1n) is 9.92. The number of aromatic nitrogens is 3. The summed E-state index contributed by atoms with van der Waals surface area (Å²) >= 11 is 0. The van der Waals surface area contributed by atoms with Crippen molar-refractivity contribution in [3.63, 3.8) is 0 Å². The number of anilines is 1. The Labute approximate surface area is 169 Å². The maximum absolute atomic E-state index is 13.0. The monoisotopic (exact) mass is 388 g/mol. The average Bonchev–Trinajstić information content (AvgIpc) is 3.04. The van der Waals surface area contributed by atoms with E-state index in [-0.39, 0.29) is 5.91 Å². The molecule has 2 aromatic heterocycles. The summed E-state index contributed by atoms with van der Waals surface area (Å²) < 4.78 is 7.47. The minimum absolute atomic E-state index is 0.249. The van der Waals surface area contributed by atoms with Crippen LogP contribution in [0.1, 0.15) is 36.2 Å². The largest absolute Gasteiger partial charge is 0.493 e. The maximum atomic E-state index is 13.0. The molecule has 0 unspecified atom stereocenters. The van der Waals surface area contributed by atoms with Crippen molar-refractivity contribution >= 4 is 33.7 Å². The summed E-state index contributed by atoms with van der Waals surface area (Å²) in [4.78, 5) is 17.8. The van der Waals surface area contributed by atoms with Gasteiger partial charge in [0.1, 0.15) is 5.75 Å². The van der Waals surface area contributed by atoms with Gasteiger partial charge in [0, 0.05) is 11.9 Å². The minimum atomic E-state index is -0.249. The van der Waals surface area contributed by atoms with Crippen LogP contribution in [0.25, 0.3) is 21.9 Å². The van der Waals surface area contributed by atoms with Crippen LogP contribution in [0.4, 0.5) is 5.82 Å². The molecule has 1 amide bonds. The predicted molar refractivity (Wildman–Crippen MR) is 116 cm³/mol. The Balaban J connectivity index is 1.80. The molecular formula is C23H24N4O2. The van der Waals surface area contributed by atoms with Crippen molar-refractivity contribution in [3.05, 3.63) is 59.7 Å². The molecule has 6 nitrogen and oxygen atoms in total. The van der Waals surface area contributed by atoms with Gasteiger partial charge in [0.05, 0.1) is 23.1 Å². The quantitative estimate of drug-likeness (QED) is 0.507. The van der Waals surface area contributed by atoms with Gasteiger partial charge >= 0.3 is 0 Å². The van der Waals surface area contributed by atoms with Gasteiger partial charge in [-0.25, -0.2) is 9.67 Å². The summed E-state index contributed by atoms with van der Waals surface area (Å²) in [7, 11) is 0. The van der Waals surface area contributed by atoms with E-state index in [4.69, 9.17) is 9.72 Å². The summed E-state index contributed by atoms with van der Waals surface area (Å²) in [5, 5.41) is 9.48. The van der Waals surface area contributed by atoms with Gasteiger partial charge in [0.15, 0.2) is 11.5 Å². The number of pyridine rings is 1. The lowest BCUT2D eigenvalue weighted by molar-refractivity contribution is 0.102. The number of nitrogens with zero attached hydrogens (tertiary/aromatic N) is 3. The predicted octanol–water partition coefficient (Wildman–Crippen LogP) is 4.95. The topological polar surface area (TPSA) is 69.0 Å². The number of hydrogen-bond acceptors (Lipinski definition) is 4. The molecule has 2 aromatic carbocycles. The molecule has 0 aliphatic heterocycles. The Morgan fingerprint density at radius 1 is 1.14 bits per heavy atom. The molecule has 6 heteroatoms. The summed E-state index contributed by atoms with van der Waals surface area (Å²) in [6, 6.07) is 15.4. The second-order valence-electron chi connectivity index (χ2n) is 6.96. The Hall–Kier alpha value is -3.41. The summed E-state index contributed by atoms with van der Waals surface area (Å²) in [6.07, 6.45) is 0.921. The molecule has 0 aliphatic carbocycles. The second kappa shape index (κ2) is 7.91. The number of rotatable bonds is 6. The van der Waals surface area contributed by atoms with Gasteiger partial charge in [0.25, 0.3) is 5.91 Å². The van der Waals surface area contributed by atoms with Crippen molar-refractivity contribution in [1.29, 1.82) is 0 Å². The van der Waals surface area contributed by atoms with Crippen molar-refractivity contribution in [2.24, 2.45) is 0 Å². The molecule has 0 bridgehead atoms. The molecule has 4 rings (SSSR count). The molecule has 0 aliphatic rings. The summed E-state index contributed by atoms with van der Waals surface area (Å²) in [6.45, 7) is 7.26. The fourth-order valence-electron chi connectivity index (χ4n) is 3.50. The highest BCUT2D eigenvalue weighted by Gasteiger charge is 2.18. The normalized spacial score (nSPS) is 11.1. The molecule has 0 saturated heterocycles. The molecule has 2 heterocycles. The van der Waals surface area contributed by atoms with Gasteiger partial charge in [-0.15, -0.1) is 0 Å². The number of benzene rings is 2. The molecule has 0 fully saturated rings. The highest BCUT2D eigenvalue weighted by atomic mass is 16.5. The highest BCUT2D eigenvalue weighted by Crippen LogP contribution is 2.28. The lowest BCUT2D eigenvalue weighted by Crippen LogP contribution is -2.14. The first kappa shape index (κ1) is 18.9. The van der Waals surface area contributed by atoms with Gasteiger partial charge in [-0.05, 0) is 44.0 Å². The van der Waals surface area contributed by atoms with Crippen LogP contribution in [0.15, 0.2) is 48.5 Å². The van der Waals surface area contributed by atoms with Crippen LogP contribution < -0.4 is 10.1 Å². The van der Waals surface area contributed by atoms with Crippen LogP contribution in [0.5, 0.6) is 5.75 Å². The summed E-state index contributed by atoms with van der Waals surface area (Å²) in [5.74, 6) is 0.825. The third kappa shape index (κ3) is 3.53. The van der Waals surface area contributed by atoms with Crippen molar-refractivity contribution in [2.45, 2.75) is 33.7 Å². The number of carbonyl (C=O) groups excluding carboxylic acids is 1. The zero-order chi connectivity index (χ0) is 20.4. The van der Waals surface area contributed by atoms with E-state index in [0.717, 1.165) is 40.5 Å². The Morgan fingerprint density at radius 2 is 1.97 bits per heavy atom. The summed E-state index contributed by atoms with van der Waals surface area (Å²) in [5.41, 5.74) is 3.33. The van der Waals surface area contributed by atoms with E-state index in [1.807, 2.05) is 41.9 Å². The van der Waals surface area contributed by atoms with E-state index in [2.05, 4.69) is 30.3 Å². The zero-order valence-corrected chi connectivity index (χ0v) is 16.9. The molecule has 0 saturated carbocycles. The lowest BCUT2D eigenvalue weighted by atomic mass is 10.1. The number of fused-ring (bicyclic) bond motifs is 2. The van der Waals surface area contributed by atoms with E-state index >= 15 is 0 Å². The van der Waals surface area contributed by atoms with Crippen LogP contribution in [-0.2, 0) is 6.54 Å². The van der Waals surface area contributed by atoms with E-state index in [1.54, 1.807) is 12.1 Å². The fourth-order valence-corrected chi connectivity index (χ4v) is 3.50. The third-order valence-electron chi connectivity index (χ3n) is 4.85.